The van der Waals surface area contributed by atoms with Gasteiger partial charge in [-0.25, -0.2) is 0 Å². The van der Waals surface area contributed by atoms with E-state index in [9.17, 15) is 4.79 Å². The molecule has 0 saturated heterocycles. The minimum Gasteiger partial charge on any atom is -0.493 e. The third-order valence-electron chi connectivity index (χ3n) is 2.86. The molecule has 1 amide bonds. The summed E-state index contributed by atoms with van der Waals surface area (Å²) < 4.78 is 10.9. The molecule has 0 heterocycles. The molecule has 0 saturated carbocycles. The number of hydrogen-bond donors (Lipinski definition) is 2. The molecule has 0 aromatic heterocycles. The van der Waals surface area contributed by atoms with Gasteiger partial charge < -0.3 is 20.1 Å². The van der Waals surface area contributed by atoms with E-state index in [4.69, 9.17) is 9.47 Å². The second-order valence-electron chi connectivity index (χ2n) is 4.90. The third kappa shape index (κ3) is 4.74. The lowest BCUT2D eigenvalue weighted by atomic mass is 10.2. The lowest BCUT2D eigenvalue weighted by Crippen LogP contribution is -2.33. The van der Waals surface area contributed by atoms with Gasteiger partial charge in [-0.1, -0.05) is 19.9 Å². The number of nitrogens with one attached hydrogen (secondary N) is 2. The van der Waals surface area contributed by atoms with E-state index in [2.05, 4.69) is 24.5 Å². The van der Waals surface area contributed by atoms with Gasteiger partial charge in [-0.15, -0.1) is 0 Å². The van der Waals surface area contributed by atoms with E-state index in [-0.39, 0.29) is 5.91 Å². The maximum atomic E-state index is 11.5. The van der Waals surface area contributed by atoms with Crippen molar-refractivity contribution < 1.29 is 14.3 Å². The van der Waals surface area contributed by atoms with Crippen LogP contribution in [0.25, 0.3) is 0 Å². The Balaban J connectivity index is 2.85. The Morgan fingerprint density at radius 2 is 1.95 bits per heavy atom. The monoisotopic (exact) mass is 280 g/mol. The number of benzene rings is 1. The van der Waals surface area contributed by atoms with Crippen LogP contribution in [0.3, 0.4) is 0 Å². The molecule has 1 unspecified atom stereocenters. The molecule has 1 atom stereocenters. The first-order valence-electron chi connectivity index (χ1n) is 6.76. The first-order valence-corrected chi connectivity index (χ1v) is 6.76. The van der Waals surface area contributed by atoms with Gasteiger partial charge in [-0.05, 0) is 24.6 Å². The van der Waals surface area contributed by atoms with Gasteiger partial charge in [-0.2, -0.15) is 0 Å². The maximum absolute atomic E-state index is 11.5. The van der Waals surface area contributed by atoms with Gasteiger partial charge in [0.2, 0.25) is 0 Å². The van der Waals surface area contributed by atoms with Crippen LogP contribution in [0, 0.1) is 0 Å². The molecule has 0 aliphatic rings. The standard InChI is InChI=1S/C15H24N2O3/c1-10(2)17-9-12-6-7-13(19-5)14(8-12)20-11(3)15(18)16-4/h6-8,10-11,17H,9H2,1-5H3,(H,16,18). The Morgan fingerprint density at radius 1 is 1.25 bits per heavy atom. The summed E-state index contributed by atoms with van der Waals surface area (Å²) in [5.41, 5.74) is 1.08. The van der Waals surface area contributed by atoms with Crippen LogP contribution < -0.4 is 20.1 Å². The lowest BCUT2D eigenvalue weighted by Gasteiger charge is -2.17. The van der Waals surface area contributed by atoms with E-state index < -0.39 is 6.10 Å². The highest BCUT2D eigenvalue weighted by molar-refractivity contribution is 5.80. The molecule has 0 spiro atoms. The van der Waals surface area contributed by atoms with Crippen molar-refractivity contribution in [2.45, 2.75) is 39.5 Å². The summed E-state index contributed by atoms with van der Waals surface area (Å²) in [7, 11) is 3.17. The van der Waals surface area contributed by atoms with Gasteiger partial charge >= 0.3 is 0 Å². The van der Waals surface area contributed by atoms with E-state index in [0.717, 1.165) is 12.1 Å². The van der Waals surface area contributed by atoms with Gasteiger partial charge in [0, 0.05) is 19.6 Å². The summed E-state index contributed by atoms with van der Waals surface area (Å²) in [6.07, 6.45) is -0.567. The molecule has 112 valence electrons. The molecule has 1 aromatic rings. The molecular weight excluding hydrogens is 256 g/mol. The van der Waals surface area contributed by atoms with Crippen molar-refractivity contribution in [3.05, 3.63) is 23.8 Å². The van der Waals surface area contributed by atoms with E-state index in [1.54, 1.807) is 21.1 Å². The van der Waals surface area contributed by atoms with Crippen molar-refractivity contribution in [1.82, 2.24) is 10.6 Å². The van der Waals surface area contributed by atoms with Crippen LogP contribution in [0.1, 0.15) is 26.3 Å². The van der Waals surface area contributed by atoms with Crippen molar-refractivity contribution in [3.8, 4) is 11.5 Å². The summed E-state index contributed by atoms with van der Waals surface area (Å²) in [5.74, 6) is 1.03. The van der Waals surface area contributed by atoms with Gasteiger partial charge in [0.25, 0.3) is 5.91 Å². The smallest absolute Gasteiger partial charge is 0.260 e. The number of methoxy groups -OCH3 is 1. The molecule has 0 aliphatic heterocycles. The topological polar surface area (TPSA) is 59.6 Å². The Labute approximate surface area is 120 Å². The molecule has 0 bridgehead atoms. The Kier molecular flexibility index (Phi) is 6.31. The van der Waals surface area contributed by atoms with E-state index in [1.807, 2.05) is 18.2 Å². The van der Waals surface area contributed by atoms with Gasteiger partial charge in [0.15, 0.2) is 17.6 Å². The second-order valence-corrected chi connectivity index (χ2v) is 4.90. The third-order valence-corrected chi connectivity index (χ3v) is 2.86. The van der Waals surface area contributed by atoms with Crippen molar-refractivity contribution in [2.24, 2.45) is 0 Å². The summed E-state index contributed by atoms with van der Waals surface area (Å²) in [6, 6.07) is 6.13. The predicted molar refractivity (Wildman–Crippen MR) is 79.1 cm³/mol. The van der Waals surface area contributed by atoms with E-state index >= 15 is 0 Å². The number of hydrogen-bond acceptors (Lipinski definition) is 4. The van der Waals surface area contributed by atoms with Crippen LogP contribution in [-0.4, -0.2) is 32.2 Å². The first kappa shape index (κ1) is 16.3. The molecule has 20 heavy (non-hydrogen) atoms. The van der Waals surface area contributed by atoms with Gasteiger partial charge in [0.05, 0.1) is 7.11 Å². The summed E-state index contributed by atoms with van der Waals surface area (Å²) in [5, 5.41) is 5.90. The van der Waals surface area contributed by atoms with Crippen molar-refractivity contribution in [2.75, 3.05) is 14.2 Å². The van der Waals surface area contributed by atoms with Crippen LogP contribution >= 0.6 is 0 Å². The Bertz CT molecular complexity index is 447. The Hall–Kier alpha value is -1.75. The van der Waals surface area contributed by atoms with Crippen LogP contribution in [-0.2, 0) is 11.3 Å². The Morgan fingerprint density at radius 3 is 2.50 bits per heavy atom. The fraction of sp³-hybridized carbons (Fsp3) is 0.533. The average Bonchev–Trinajstić information content (AvgIpc) is 2.44. The molecule has 5 nitrogen and oxygen atoms in total. The van der Waals surface area contributed by atoms with Gasteiger partial charge in [0.1, 0.15) is 0 Å². The highest BCUT2D eigenvalue weighted by Crippen LogP contribution is 2.29. The van der Waals surface area contributed by atoms with Crippen molar-refractivity contribution in [3.63, 3.8) is 0 Å². The zero-order valence-electron chi connectivity index (χ0n) is 12.8. The SMILES string of the molecule is CNC(=O)C(C)Oc1cc(CNC(C)C)ccc1OC. The van der Waals surface area contributed by atoms with Crippen LogP contribution in [0.15, 0.2) is 18.2 Å². The lowest BCUT2D eigenvalue weighted by molar-refractivity contribution is -0.126. The molecule has 5 heteroatoms. The number of ether oxygens (including phenoxy) is 2. The quantitative estimate of drug-likeness (QED) is 0.798. The highest BCUT2D eigenvalue weighted by atomic mass is 16.5. The van der Waals surface area contributed by atoms with E-state index in [0.29, 0.717) is 17.5 Å². The molecule has 1 aromatic carbocycles. The normalized spacial score (nSPS) is 12.1. The fourth-order valence-electron chi connectivity index (χ4n) is 1.69. The molecule has 0 radical (unpaired) electrons. The highest BCUT2D eigenvalue weighted by Gasteiger charge is 2.15. The minimum absolute atomic E-state index is 0.169. The summed E-state index contributed by atoms with van der Waals surface area (Å²) >= 11 is 0. The van der Waals surface area contributed by atoms with Crippen LogP contribution in [0.5, 0.6) is 11.5 Å². The number of likely N-dealkylation sites (N-methyl/N-ethyl adjacent to an activating group) is 1. The largest absolute Gasteiger partial charge is 0.493 e. The zero-order chi connectivity index (χ0) is 15.1. The van der Waals surface area contributed by atoms with Crippen LogP contribution in [0.4, 0.5) is 0 Å². The van der Waals surface area contributed by atoms with Crippen molar-refractivity contribution in [1.29, 1.82) is 0 Å². The van der Waals surface area contributed by atoms with Crippen LogP contribution in [0.2, 0.25) is 0 Å². The molecular formula is C15H24N2O3. The number of rotatable bonds is 7. The minimum atomic E-state index is -0.567. The summed E-state index contributed by atoms with van der Waals surface area (Å²) in [4.78, 5) is 11.5. The maximum Gasteiger partial charge on any atom is 0.260 e. The molecule has 0 aliphatic carbocycles. The van der Waals surface area contributed by atoms with E-state index in [1.165, 1.54) is 0 Å². The van der Waals surface area contributed by atoms with Crippen molar-refractivity contribution >= 4 is 5.91 Å². The number of amides is 1. The summed E-state index contributed by atoms with van der Waals surface area (Å²) in [6.45, 7) is 6.63. The fourth-order valence-corrected chi connectivity index (χ4v) is 1.69. The zero-order valence-corrected chi connectivity index (χ0v) is 12.8. The molecule has 0 fully saturated rings. The second kappa shape index (κ2) is 7.75. The predicted octanol–water partition coefficient (Wildman–Crippen LogP) is 1.71. The average molecular weight is 280 g/mol. The first-order chi connectivity index (χ1) is 9.47. The molecule has 2 N–H and O–H groups in total. The molecule has 1 rings (SSSR count). The van der Waals surface area contributed by atoms with Gasteiger partial charge in [-0.3, -0.25) is 4.79 Å². The number of carbonyl (C=O) groups is 1. The number of carbonyl (C=O) groups excluding carboxylic acids is 1.